The molecule has 0 radical (unpaired) electrons. The molecule has 4 aromatic heterocycles. The van der Waals surface area contributed by atoms with E-state index < -0.39 is 11.9 Å². The van der Waals surface area contributed by atoms with Crippen LogP contribution in [0.5, 0.6) is 5.88 Å². The molecule has 3 N–H and O–H groups in total. The van der Waals surface area contributed by atoms with Crippen molar-refractivity contribution in [1.82, 2.24) is 29.5 Å². The van der Waals surface area contributed by atoms with E-state index in [1.54, 1.807) is 27.8 Å². The number of piperidine rings is 1. The predicted octanol–water partition coefficient (Wildman–Crippen LogP) is 1.36. The van der Waals surface area contributed by atoms with Crippen molar-refractivity contribution in [2.45, 2.75) is 37.9 Å². The summed E-state index contributed by atoms with van der Waals surface area (Å²) in [4.78, 5) is 41.9. The van der Waals surface area contributed by atoms with E-state index in [9.17, 15) is 19.1 Å². The number of aromatic hydroxyl groups is 1. The first-order valence-electron chi connectivity index (χ1n) is 11.4. The zero-order valence-electron chi connectivity index (χ0n) is 18.6. The Hall–Kier alpha value is -3.80. The average Bonchev–Trinajstić information content (AvgIpc) is 3.23. The number of carbonyl (C=O) groups excluding carboxylic acids is 1. The molecule has 1 saturated heterocycles. The van der Waals surface area contributed by atoms with Crippen LogP contribution in [0.4, 0.5) is 4.39 Å². The second-order valence-electron chi connectivity index (χ2n) is 8.81. The zero-order valence-corrected chi connectivity index (χ0v) is 19.4. The van der Waals surface area contributed by atoms with Gasteiger partial charge in [-0.3, -0.25) is 14.8 Å². The molecule has 4 aromatic rings. The van der Waals surface area contributed by atoms with Gasteiger partial charge in [0.25, 0.3) is 5.91 Å². The van der Waals surface area contributed by atoms with Gasteiger partial charge >= 0.3 is 5.69 Å². The fourth-order valence-electron chi connectivity index (χ4n) is 4.12. The number of thiophene rings is 1. The molecule has 1 aliphatic heterocycles. The van der Waals surface area contributed by atoms with Gasteiger partial charge in [0.15, 0.2) is 11.1 Å². The van der Waals surface area contributed by atoms with Crippen LogP contribution in [0.1, 0.15) is 41.0 Å². The molecule has 1 amide bonds. The number of fused-ring (bicyclic) bond motifs is 1. The van der Waals surface area contributed by atoms with Crippen molar-refractivity contribution in [2.24, 2.45) is 4.99 Å². The summed E-state index contributed by atoms with van der Waals surface area (Å²) >= 11 is 1.34. The number of hydrogen-bond donors (Lipinski definition) is 3. The third-order valence-electron chi connectivity index (χ3n) is 6.16. The fourth-order valence-corrected chi connectivity index (χ4v) is 5.05. The highest BCUT2D eigenvalue weighted by atomic mass is 32.1. The van der Waals surface area contributed by atoms with Crippen molar-refractivity contribution >= 4 is 29.0 Å². The lowest BCUT2D eigenvalue weighted by Crippen LogP contribution is -2.38. The molecule has 35 heavy (non-hydrogen) atoms. The summed E-state index contributed by atoms with van der Waals surface area (Å²) in [6, 6.07) is 5.73. The van der Waals surface area contributed by atoms with Gasteiger partial charge in [-0.2, -0.15) is 9.61 Å². The van der Waals surface area contributed by atoms with Crippen molar-refractivity contribution in [3.63, 3.8) is 0 Å². The van der Waals surface area contributed by atoms with Crippen molar-refractivity contribution in [2.75, 3.05) is 13.1 Å². The first-order valence-corrected chi connectivity index (χ1v) is 12.3. The Morgan fingerprint density at radius 3 is 2.74 bits per heavy atom. The van der Waals surface area contributed by atoms with Crippen molar-refractivity contribution in [3.05, 3.63) is 56.2 Å². The number of hydrogen-bond acceptors (Lipinski definition) is 7. The van der Waals surface area contributed by atoms with Gasteiger partial charge in [-0.1, -0.05) is 0 Å². The molecule has 1 saturated carbocycles. The van der Waals surface area contributed by atoms with Gasteiger partial charge in [-0.15, -0.1) is 11.3 Å². The topological polar surface area (TPSA) is 132 Å². The first kappa shape index (κ1) is 21.7. The van der Waals surface area contributed by atoms with E-state index in [0.717, 1.165) is 17.7 Å². The third kappa shape index (κ3) is 4.25. The maximum absolute atomic E-state index is 13.5. The number of amides is 1. The molecule has 0 unspecified atom stereocenters. The number of likely N-dealkylation sites (tertiary alicyclic amines) is 1. The number of rotatable bonds is 4. The quantitative estimate of drug-likeness (QED) is 0.393. The maximum Gasteiger partial charge on any atom is 0.326 e. The van der Waals surface area contributed by atoms with Gasteiger partial charge in [0.2, 0.25) is 5.88 Å². The summed E-state index contributed by atoms with van der Waals surface area (Å²) in [5.41, 5.74) is 1.50. The number of alkyl halides is 1. The molecule has 0 bridgehead atoms. The van der Waals surface area contributed by atoms with Crippen molar-refractivity contribution < 1.29 is 14.3 Å². The Kier molecular flexibility index (Phi) is 5.24. The second-order valence-corrected chi connectivity index (χ2v) is 9.90. The Labute approximate surface area is 201 Å². The Balaban J connectivity index is 1.42. The van der Waals surface area contributed by atoms with E-state index in [-0.39, 0.29) is 23.5 Å². The first-order chi connectivity index (χ1) is 16.9. The van der Waals surface area contributed by atoms with Crippen molar-refractivity contribution in [3.8, 4) is 16.5 Å². The van der Waals surface area contributed by atoms with Gasteiger partial charge in [0.05, 0.1) is 27.7 Å². The maximum atomic E-state index is 13.5. The van der Waals surface area contributed by atoms with E-state index >= 15 is 0 Å². The highest BCUT2D eigenvalue weighted by Gasteiger charge is 2.25. The van der Waals surface area contributed by atoms with E-state index in [0.29, 0.717) is 52.9 Å². The molecular weight excluding hydrogens is 473 g/mol. The number of aromatic nitrogens is 5. The fraction of sp³-hybridized carbons (Fsp3) is 0.348. The molecule has 12 heteroatoms. The Bertz CT molecular complexity index is 1610. The number of halogens is 1. The van der Waals surface area contributed by atoms with Crippen LogP contribution in [0.3, 0.4) is 0 Å². The molecule has 180 valence electrons. The van der Waals surface area contributed by atoms with Crippen LogP contribution in [0, 0.1) is 0 Å². The SMILES string of the molecule is O=C(c1ccc(-c2cc(=NC3CC3)n3nc/c(=C\c4[nH]c(=O)[nH]c4O)c3n2)s1)N1CCC(F)CC1. The van der Waals surface area contributed by atoms with Crippen LogP contribution in [0.2, 0.25) is 0 Å². The number of nitrogens with zero attached hydrogens (tertiary/aromatic N) is 5. The number of nitrogens with one attached hydrogen (secondary N) is 2. The Morgan fingerprint density at radius 1 is 1.23 bits per heavy atom. The molecule has 2 fully saturated rings. The predicted molar refractivity (Wildman–Crippen MR) is 127 cm³/mol. The largest absolute Gasteiger partial charge is 0.493 e. The van der Waals surface area contributed by atoms with Crippen LogP contribution in [0.15, 0.2) is 34.2 Å². The highest BCUT2D eigenvalue weighted by Crippen LogP contribution is 2.28. The lowest BCUT2D eigenvalue weighted by molar-refractivity contribution is 0.0672. The number of H-pyrrole nitrogens is 2. The highest BCUT2D eigenvalue weighted by molar-refractivity contribution is 7.17. The van der Waals surface area contributed by atoms with E-state index in [2.05, 4.69) is 15.1 Å². The molecule has 6 rings (SSSR count). The van der Waals surface area contributed by atoms with Gasteiger partial charge in [0.1, 0.15) is 11.9 Å². The van der Waals surface area contributed by atoms with E-state index in [4.69, 9.17) is 9.98 Å². The van der Waals surface area contributed by atoms with Gasteiger partial charge < -0.3 is 15.0 Å². The summed E-state index contributed by atoms with van der Waals surface area (Å²) in [5.74, 6) is -0.367. The van der Waals surface area contributed by atoms with Gasteiger partial charge in [-0.05, 0) is 43.9 Å². The molecule has 0 aromatic carbocycles. The third-order valence-corrected chi connectivity index (χ3v) is 7.25. The molecule has 0 spiro atoms. The lowest BCUT2D eigenvalue weighted by Gasteiger charge is -2.28. The molecule has 1 aliphatic carbocycles. The number of aromatic amines is 2. The van der Waals surface area contributed by atoms with Crippen LogP contribution >= 0.6 is 11.3 Å². The van der Waals surface area contributed by atoms with Gasteiger partial charge in [-0.25, -0.2) is 14.2 Å². The minimum Gasteiger partial charge on any atom is -0.493 e. The summed E-state index contributed by atoms with van der Waals surface area (Å²) in [7, 11) is 0. The zero-order chi connectivity index (χ0) is 24.1. The molecule has 5 heterocycles. The van der Waals surface area contributed by atoms with E-state index in [1.165, 1.54) is 11.3 Å². The minimum atomic E-state index is -0.838. The summed E-state index contributed by atoms with van der Waals surface area (Å²) < 4.78 is 15.1. The molecule has 0 atom stereocenters. The van der Waals surface area contributed by atoms with Crippen molar-refractivity contribution in [1.29, 1.82) is 0 Å². The molecular formula is C23H22FN7O3S. The average molecular weight is 496 g/mol. The van der Waals surface area contributed by atoms with Crippen LogP contribution in [-0.4, -0.2) is 65.8 Å². The summed E-state index contributed by atoms with van der Waals surface area (Å²) in [5, 5.41) is 15.0. The van der Waals surface area contributed by atoms with Crippen LogP contribution in [0.25, 0.3) is 22.3 Å². The Morgan fingerprint density at radius 2 is 2.03 bits per heavy atom. The van der Waals surface area contributed by atoms with Crippen LogP contribution < -0.4 is 16.4 Å². The summed E-state index contributed by atoms with van der Waals surface area (Å²) in [6.07, 6.45) is 5.13. The minimum absolute atomic E-state index is 0.0950. The normalized spacial score (nSPS) is 18.1. The standard InChI is InChI=1S/C23H22FN7O3S/c24-13-5-7-30(8-6-13)22(33)18-4-3-17(35-18)15-10-19(26-14-1-2-14)31-20(27-15)12(11-25-31)9-16-21(32)29-23(34)28-16/h3-4,9-11,13-14,32H,1-2,5-8H2,(H2,28,29,34)/b12-9+,26-19?. The monoisotopic (exact) mass is 495 g/mol. The molecule has 2 aliphatic rings. The second kappa shape index (κ2) is 8.45. The van der Waals surface area contributed by atoms with Gasteiger partial charge in [0, 0.05) is 24.4 Å². The van der Waals surface area contributed by atoms with E-state index in [1.807, 2.05) is 12.1 Å². The number of carbonyl (C=O) groups is 1. The lowest BCUT2D eigenvalue weighted by atomic mass is 10.1. The van der Waals surface area contributed by atoms with Crippen LogP contribution in [-0.2, 0) is 0 Å². The smallest absolute Gasteiger partial charge is 0.326 e. The number of imidazole rings is 1. The summed E-state index contributed by atoms with van der Waals surface area (Å²) in [6.45, 7) is 0.843. The molecule has 10 nitrogen and oxygen atoms in total.